The third-order valence-electron chi connectivity index (χ3n) is 4.66. The van der Waals surface area contributed by atoms with E-state index < -0.39 is 12.1 Å². The van der Waals surface area contributed by atoms with Crippen LogP contribution in [-0.2, 0) is 17.8 Å². The molecule has 2 aromatic carbocycles. The Morgan fingerprint density at radius 1 is 1.19 bits per heavy atom. The van der Waals surface area contributed by atoms with Crippen LogP contribution in [-0.4, -0.2) is 17.9 Å². The molecule has 0 saturated heterocycles. The normalized spacial score (nSPS) is 11.4. The molecule has 3 aromatic rings. The predicted octanol–water partition coefficient (Wildman–Crippen LogP) is 3.53. The lowest BCUT2D eigenvalue weighted by atomic mass is 10.0. The van der Waals surface area contributed by atoms with Gasteiger partial charge in [0, 0.05) is 6.07 Å². The Hall–Kier alpha value is -3.63. The van der Waals surface area contributed by atoms with Crippen molar-refractivity contribution >= 4 is 23.1 Å². The minimum absolute atomic E-state index is 0.0817. The first kappa shape index (κ1) is 22.1. The molecule has 31 heavy (non-hydrogen) atoms. The number of ketones is 1. The number of aryl methyl sites for hydroxylation is 1. The molecule has 6 nitrogen and oxygen atoms in total. The number of nitriles is 1. The zero-order valence-electron chi connectivity index (χ0n) is 16.9. The summed E-state index contributed by atoms with van der Waals surface area (Å²) in [5.74, 6) is -1.07. The summed E-state index contributed by atoms with van der Waals surface area (Å²) in [7, 11) is 0. The molecule has 0 aliphatic rings. The Balaban J connectivity index is 1.77. The highest BCUT2D eigenvalue weighted by atomic mass is 32.1. The fourth-order valence-electron chi connectivity index (χ4n) is 3.03. The summed E-state index contributed by atoms with van der Waals surface area (Å²) < 4.78 is 11.4. The van der Waals surface area contributed by atoms with E-state index >= 15 is 0 Å². The van der Waals surface area contributed by atoms with E-state index in [9.17, 15) is 20.0 Å². The number of nitrogens with zero attached hydrogens (tertiary/aromatic N) is 1. The number of carboxylic acid groups (broad SMARTS) is 1. The number of hydrogen-bond acceptors (Lipinski definition) is 7. The SMILES string of the molecule is CC(=O)c1ccc(OCc2ccsc2)cc1OC(CCc1ccccc1C#N)C(=O)[O-]. The second kappa shape index (κ2) is 10.4. The number of rotatable bonds is 10. The van der Waals surface area contributed by atoms with Gasteiger partial charge in [0.05, 0.1) is 23.2 Å². The van der Waals surface area contributed by atoms with Crippen LogP contribution < -0.4 is 14.6 Å². The molecule has 0 spiro atoms. The van der Waals surface area contributed by atoms with Crippen molar-refractivity contribution < 1.29 is 24.2 Å². The predicted molar refractivity (Wildman–Crippen MR) is 114 cm³/mol. The van der Waals surface area contributed by atoms with Crippen LogP contribution in [0.3, 0.4) is 0 Å². The van der Waals surface area contributed by atoms with Crippen LogP contribution >= 0.6 is 11.3 Å². The Kier molecular flexibility index (Phi) is 7.41. The first-order chi connectivity index (χ1) is 15.0. The minimum atomic E-state index is -1.39. The maximum Gasteiger partial charge on any atom is 0.163 e. The summed E-state index contributed by atoms with van der Waals surface area (Å²) >= 11 is 1.56. The van der Waals surface area contributed by atoms with Gasteiger partial charge >= 0.3 is 0 Å². The van der Waals surface area contributed by atoms with E-state index in [1.807, 2.05) is 16.8 Å². The number of benzene rings is 2. The largest absolute Gasteiger partial charge is 0.546 e. The van der Waals surface area contributed by atoms with Gasteiger partial charge in [-0.05, 0) is 65.9 Å². The molecule has 1 unspecified atom stereocenters. The van der Waals surface area contributed by atoms with Gasteiger partial charge in [0.2, 0.25) is 0 Å². The summed E-state index contributed by atoms with van der Waals surface area (Å²) in [4.78, 5) is 23.7. The molecule has 0 amide bonds. The molecule has 0 aliphatic heterocycles. The average Bonchev–Trinajstić information content (AvgIpc) is 3.28. The lowest BCUT2D eigenvalue weighted by Crippen LogP contribution is -2.40. The van der Waals surface area contributed by atoms with Crippen molar-refractivity contribution in [3.8, 4) is 17.6 Å². The summed E-state index contributed by atoms with van der Waals surface area (Å²) in [5, 5.41) is 24.8. The van der Waals surface area contributed by atoms with Crippen molar-refractivity contribution in [2.75, 3.05) is 0 Å². The van der Waals surface area contributed by atoms with Gasteiger partial charge in [-0.2, -0.15) is 16.6 Å². The van der Waals surface area contributed by atoms with Crippen LogP contribution in [0, 0.1) is 11.3 Å². The molecule has 3 rings (SSSR count). The third-order valence-corrected chi connectivity index (χ3v) is 5.40. The smallest absolute Gasteiger partial charge is 0.163 e. The monoisotopic (exact) mass is 434 g/mol. The van der Waals surface area contributed by atoms with E-state index in [2.05, 4.69) is 6.07 Å². The topological polar surface area (TPSA) is 99.5 Å². The van der Waals surface area contributed by atoms with E-state index in [1.54, 1.807) is 47.7 Å². The molecule has 0 N–H and O–H groups in total. The third kappa shape index (κ3) is 5.93. The van der Waals surface area contributed by atoms with Gasteiger partial charge in [0.25, 0.3) is 0 Å². The number of thiophene rings is 1. The molecular formula is C24H20NO5S-. The molecule has 0 radical (unpaired) electrons. The molecule has 7 heteroatoms. The summed E-state index contributed by atoms with van der Waals surface area (Å²) in [6.07, 6.45) is -0.901. The van der Waals surface area contributed by atoms with Crippen molar-refractivity contribution in [3.05, 3.63) is 81.5 Å². The lowest BCUT2D eigenvalue weighted by Gasteiger charge is -2.22. The van der Waals surface area contributed by atoms with Crippen LogP contribution in [0.2, 0.25) is 0 Å². The fraction of sp³-hybridized carbons (Fsp3) is 0.208. The van der Waals surface area contributed by atoms with E-state index in [0.717, 1.165) is 11.1 Å². The van der Waals surface area contributed by atoms with Crippen LogP contribution in [0.1, 0.15) is 40.4 Å². The Morgan fingerprint density at radius 3 is 2.68 bits per heavy atom. The fourth-order valence-corrected chi connectivity index (χ4v) is 3.69. The number of Topliss-reactive ketones (excluding diaryl/α,β-unsaturated/α-hetero) is 1. The Labute approximate surface area is 184 Å². The molecule has 0 bridgehead atoms. The van der Waals surface area contributed by atoms with Gasteiger partial charge in [-0.3, -0.25) is 4.79 Å². The summed E-state index contributed by atoms with van der Waals surface area (Å²) in [5.41, 5.74) is 2.46. The van der Waals surface area contributed by atoms with Crippen molar-refractivity contribution in [1.82, 2.24) is 0 Å². The highest BCUT2D eigenvalue weighted by Crippen LogP contribution is 2.28. The number of aliphatic carboxylic acids is 1. The van der Waals surface area contributed by atoms with Gasteiger partial charge < -0.3 is 19.4 Å². The van der Waals surface area contributed by atoms with Crippen LogP contribution in [0.15, 0.2) is 59.3 Å². The second-order valence-corrected chi connectivity index (χ2v) is 7.65. The van der Waals surface area contributed by atoms with Crippen molar-refractivity contribution in [2.45, 2.75) is 32.5 Å². The molecule has 0 saturated carbocycles. The summed E-state index contributed by atoms with van der Waals surface area (Å²) in [6, 6.07) is 15.7. The average molecular weight is 434 g/mol. The quantitative estimate of drug-likeness (QED) is 0.453. The number of carbonyl (C=O) groups excluding carboxylic acids is 2. The Bertz CT molecular complexity index is 1100. The molecular weight excluding hydrogens is 414 g/mol. The Morgan fingerprint density at radius 2 is 2.00 bits per heavy atom. The van der Waals surface area contributed by atoms with E-state index in [0.29, 0.717) is 24.3 Å². The molecule has 158 valence electrons. The maximum atomic E-state index is 12.0. The highest BCUT2D eigenvalue weighted by Gasteiger charge is 2.18. The van der Waals surface area contributed by atoms with Crippen molar-refractivity contribution in [1.29, 1.82) is 5.26 Å². The number of ether oxygens (including phenoxy) is 2. The van der Waals surface area contributed by atoms with Crippen molar-refractivity contribution in [3.63, 3.8) is 0 Å². The first-order valence-electron chi connectivity index (χ1n) is 9.62. The van der Waals surface area contributed by atoms with Gasteiger partial charge in [-0.1, -0.05) is 18.2 Å². The van der Waals surface area contributed by atoms with Crippen LogP contribution in [0.4, 0.5) is 0 Å². The van der Waals surface area contributed by atoms with E-state index in [-0.39, 0.29) is 23.5 Å². The zero-order valence-corrected chi connectivity index (χ0v) is 17.7. The number of carboxylic acids is 1. The molecule has 1 heterocycles. The zero-order chi connectivity index (χ0) is 22.2. The molecule has 1 aromatic heterocycles. The lowest BCUT2D eigenvalue weighted by molar-refractivity contribution is -0.313. The van der Waals surface area contributed by atoms with Gasteiger partial charge in [-0.15, -0.1) is 0 Å². The van der Waals surface area contributed by atoms with Crippen LogP contribution in [0.5, 0.6) is 11.5 Å². The number of carbonyl (C=O) groups is 2. The highest BCUT2D eigenvalue weighted by molar-refractivity contribution is 7.07. The van der Waals surface area contributed by atoms with E-state index in [1.165, 1.54) is 13.0 Å². The standard InChI is InChI=1S/C24H21NO5S/c1-16(26)21-8-7-20(29-14-17-10-11-31-15-17)12-23(21)30-22(24(27)28)9-6-18-4-2-3-5-19(18)13-25/h2-5,7-8,10-12,15,22H,6,9,14H2,1H3,(H,27,28)/p-1. The maximum absolute atomic E-state index is 12.0. The van der Waals surface area contributed by atoms with E-state index in [4.69, 9.17) is 9.47 Å². The molecule has 1 atom stereocenters. The van der Waals surface area contributed by atoms with Crippen LogP contribution in [0.25, 0.3) is 0 Å². The first-order valence-corrected chi connectivity index (χ1v) is 10.6. The van der Waals surface area contributed by atoms with Gasteiger partial charge in [0.1, 0.15) is 24.2 Å². The second-order valence-electron chi connectivity index (χ2n) is 6.87. The van der Waals surface area contributed by atoms with Gasteiger partial charge in [0.15, 0.2) is 5.78 Å². The summed E-state index contributed by atoms with van der Waals surface area (Å²) in [6.45, 7) is 1.72. The molecule has 0 aliphatic carbocycles. The van der Waals surface area contributed by atoms with Crippen molar-refractivity contribution in [2.24, 2.45) is 0 Å². The molecule has 0 fully saturated rings. The number of hydrogen-bond donors (Lipinski definition) is 0. The van der Waals surface area contributed by atoms with Gasteiger partial charge in [-0.25, -0.2) is 0 Å². The minimum Gasteiger partial charge on any atom is -0.546 e.